The molecule has 4 nitrogen and oxygen atoms in total. The third kappa shape index (κ3) is 2.77. The first-order valence-electron chi connectivity index (χ1n) is 6.28. The van der Waals surface area contributed by atoms with Gasteiger partial charge in [-0.15, -0.1) is 0 Å². The molecule has 0 saturated carbocycles. The second-order valence-corrected chi connectivity index (χ2v) is 5.93. The van der Waals surface area contributed by atoms with Crippen LogP contribution in [0.4, 0.5) is 0 Å². The predicted molar refractivity (Wildman–Crippen MR) is 76.4 cm³/mol. The van der Waals surface area contributed by atoms with Crippen molar-refractivity contribution in [1.82, 2.24) is 4.90 Å². The van der Waals surface area contributed by atoms with Gasteiger partial charge in [-0.05, 0) is 59.9 Å². The quantitative estimate of drug-likeness (QED) is 0.923. The van der Waals surface area contributed by atoms with Crippen molar-refractivity contribution in [2.24, 2.45) is 0 Å². The van der Waals surface area contributed by atoms with E-state index in [0.29, 0.717) is 13.0 Å². The summed E-state index contributed by atoms with van der Waals surface area (Å²) in [5, 5.41) is 9.39. The van der Waals surface area contributed by atoms with E-state index in [0.717, 1.165) is 28.8 Å². The van der Waals surface area contributed by atoms with Crippen molar-refractivity contribution in [2.45, 2.75) is 31.8 Å². The Morgan fingerprint density at radius 2 is 2.32 bits per heavy atom. The molecule has 0 aromatic heterocycles. The number of likely N-dealkylation sites (tertiary alicyclic amines) is 1. The molecule has 1 saturated heterocycles. The SMILES string of the molecule is COc1ccc(CN2CCCC2(C)C(=O)O)cc1Br. The van der Waals surface area contributed by atoms with E-state index in [1.54, 1.807) is 14.0 Å². The molecule has 1 N–H and O–H groups in total. The molecule has 2 rings (SSSR count). The maximum absolute atomic E-state index is 11.4. The summed E-state index contributed by atoms with van der Waals surface area (Å²) in [6.45, 7) is 3.28. The van der Waals surface area contributed by atoms with Crippen LogP contribution >= 0.6 is 15.9 Å². The third-order valence-electron chi connectivity index (χ3n) is 3.84. The van der Waals surface area contributed by atoms with E-state index in [4.69, 9.17) is 4.74 Å². The van der Waals surface area contributed by atoms with Crippen LogP contribution in [0.2, 0.25) is 0 Å². The Kier molecular flexibility index (Phi) is 4.16. The van der Waals surface area contributed by atoms with Crippen molar-refractivity contribution in [3.63, 3.8) is 0 Å². The fourth-order valence-electron chi connectivity index (χ4n) is 2.54. The number of ether oxygens (including phenoxy) is 1. The summed E-state index contributed by atoms with van der Waals surface area (Å²) in [6, 6.07) is 5.86. The van der Waals surface area contributed by atoms with Gasteiger partial charge in [0.2, 0.25) is 0 Å². The molecule has 19 heavy (non-hydrogen) atoms. The van der Waals surface area contributed by atoms with Crippen LogP contribution in [-0.4, -0.2) is 35.2 Å². The van der Waals surface area contributed by atoms with Gasteiger partial charge in [0.15, 0.2) is 0 Å². The number of carboxylic acids is 1. The number of rotatable bonds is 4. The van der Waals surface area contributed by atoms with E-state index in [1.165, 1.54) is 0 Å². The van der Waals surface area contributed by atoms with Gasteiger partial charge in [-0.2, -0.15) is 0 Å². The summed E-state index contributed by atoms with van der Waals surface area (Å²) < 4.78 is 6.09. The molecule has 0 radical (unpaired) electrons. The lowest BCUT2D eigenvalue weighted by atomic mass is 9.99. The summed E-state index contributed by atoms with van der Waals surface area (Å²) in [5.41, 5.74) is 0.342. The third-order valence-corrected chi connectivity index (χ3v) is 4.46. The van der Waals surface area contributed by atoms with Crippen LogP contribution in [0.5, 0.6) is 5.75 Å². The van der Waals surface area contributed by atoms with Gasteiger partial charge in [0, 0.05) is 6.54 Å². The van der Waals surface area contributed by atoms with Crippen LogP contribution in [-0.2, 0) is 11.3 Å². The normalized spacial score (nSPS) is 23.5. The van der Waals surface area contributed by atoms with Gasteiger partial charge in [-0.3, -0.25) is 9.69 Å². The molecule has 1 fully saturated rings. The van der Waals surface area contributed by atoms with Gasteiger partial charge >= 0.3 is 5.97 Å². The first kappa shape index (κ1) is 14.3. The number of carbonyl (C=O) groups is 1. The molecule has 1 atom stereocenters. The molecule has 0 spiro atoms. The number of benzene rings is 1. The Morgan fingerprint density at radius 1 is 1.58 bits per heavy atom. The summed E-state index contributed by atoms with van der Waals surface area (Å²) in [5.74, 6) is 0.0451. The Balaban J connectivity index is 2.17. The molecule has 0 amide bonds. The number of nitrogens with zero attached hydrogens (tertiary/aromatic N) is 1. The smallest absolute Gasteiger partial charge is 0.323 e. The number of methoxy groups -OCH3 is 1. The second-order valence-electron chi connectivity index (χ2n) is 5.07. The van der Waals surface area contributed by atoms with Crippen LogP contribution in [0.3, 0.4) is 0 Å². The molecule has 1 unspecified atom stereocenters. The summed E-state index contributed by atoms with van der Waals surface area (Å²) >= 11 is 3.45. The lowest BCUT2D eigenvalue weighted by molar-refractivity contribution is -0.148. The monoisotopic (exact) mass is 327 g/mol. The zero-order valence-corrected chi connectivity index (χ0v) is 12.7. The fraction of sp³-hybridized carbons (Fsp3) is 0.500. The van der Waals surface area contributed by atoms with Crippen LogP contribution in [0.25, 0.3) is 0 Å². The van der Waals surface area contributed by atoms with Crippen LogP contribution in [0.15, 0.2) is 22.7 Å². The molecule has 0 aliphatic carbocycles. The second kappa shape index (κ2) is 5.51. The Bertz CT molecular complexity index is 492. The van der Waals surface area contributed by atoms with Crippen LogP contribution < -0.4 is 4.74 Å². The Hall–Kier alpha value is -1.07. The molecular weight excluding hydrogens is 310 g/mol. The highest BCUT2D eigenvalue weighted by molar-refractivity contribution is 9.10. The number of carboxylic acid groups (broad SMARTS) is 1. The van der Waals surface area contributed by atoms with E-state index in [2.05, 4.69) is 15.9 Å². The van der Waals surface area contributed by atoms with Crippen molar-refractivity contribution in [2.75, 3.05) is 13.7 Å². The molecule has 104 valence electrons. The number of halogens is 1. The fourth-order valence-corrected chi connectivity index (χ4v) is 3.13. The lowest BCUT2D eigenvalue weighted by Gasteiger charge is -2.31. The molecule has 1 aromatic carbocycles. The molecule has 1 aliphatic rings. The number of hydrogen-bond acceptors (Lipinski definition) is 3. The van der Waals surface area contributed by atoms with Gasteiger partial charge in [-0.25, -0.2) is 0 Å². The first-order valence-corrected chi connectivity index (χ1v) is 7.07. The zero-order valence-electron chi connectivity index (χ0n) is 11.1. The van der Waals surface area contributed by atoms with Crippen molar-refractivity contribution in [3.05, 3.63) is 28.2 Å². The standard InChI is InChI=1S/C14H18BrNO3/c1-14(13(17)18)6-3-7-16(14)9-10-4-5-12(19-2)11(15)8-10/h4-5,8H,3,6-7,9H2,1-2H3,(H,17,18). The molecule has 0 bridgehead atoms. The van der Waals surface area contributed by atoms with Gasteiger partial charge in [0.1, 0.15) is 11.3 Å². The topological polar surface area (TPSA) is 49.8 Å². The largest absolute Gasteiger partial charge is 0.496 e. The van der Waals surface area contributed by atoms with Crippen LogP contribution in [0, 0.1) is 0 Å². The number of aliphatic carboxylic acids is 1. The van der Waals surface area contributed by atoms with Gasteiger partial charge in [0.05, 0.1) is 11.6 Å². The van der Waals surface area contributed by atoms with Crippen molar-refractivity contribution in [1.29, 1.82) is 0 Å². The van der Waals surface area contributed by atoms with Gasteiger partial charge in [0.25, 0.3) is 0 Å². The summed E-state index contributed by atoms with van der Waals surface area (Å²) in [6.07, 6.45) is 1.64. The van der Waals surface area contributed by atoms with E-state index in [-0.39, 0.29) is 0 Å². The van der Waals surface area contributed by atoms with E-state index in [9.17, 15) is 9.90 Å². The maximum atomic E-state index is 11.4. The highest BCUT2D eigenvalue weighted by atomic mass is 79.9. The minimum absolute atomic E-state index is 0.644. The maximum Gasteiger partial charge on any atom is 0.323 e. The highest BCUT2D eigenvalue weighted by Crippen LogP contribution is 2.32. The lowest BCUT2D eigenvalue weighted by Crippen LogP contribution is -2.47. The van der Waals surface area contributed by atoms with Crippen LogP contribution in [0.1, 0.15) is 25.3 Å². The summed E-state index contributed by atoms with van der Waals surface area (Å²) in [7, 11) is 1.63. The molecule has 1 aromatic rings. The number of hydrogen-bond donors (Lipinski definition) is 1. The zero-order chi connectivity index (χ0) is 14.0. The van der Waals surface area contributed by atoms with Gasteiger partial charge < -0.3 is 9.84 Å². The average Bonchev–Trinajstić information content (AvgIpc) is 2.73. The molecule has 1 aliphatic heterocycles. The highest BCUT2D eigenvalue weighted by Gasteiger charge is 2.43. The predicted octanol–water partition coefficient (Wildman–Crippen LogP) is 2.90. The summed E-state index contributed by atoms with van der Waals surface area (Å²) in [4.78, 5) is 13.5. The molecule has 5 heteroatoms. The minimum Gasteiger partial charge on any atom is -0.496 e. The Morgan fingerprint density at radius 3 is 2.89 bits per heavy atom. The van der Waals surface area contributed by atoms with Crippen molar-refractivity contribution in [3.8, 4) is 5.75 Å². The average molecular weight is 328 g/mol. The van der Waals surface area contributed by atoms with E-state index in [1.807, 2.05) is 23.1 Å². The Labute approximate surface area is 121 Å². The van der Waals surface area contributed by atoms with Crippen molar-refractivity contribution < 1.29 is 14.6 Å². The first-order chi connectivity index (χ1) is 8.97. The van der Waals surface area contributed by atoms with Crippen molar-refractivity contribution >= 4 is 21.9 Å². The molecular formula is C14H18BrNO3. The molecule has 1 heterocycles. The van der Waals surface area contributed by atoms with Gasteiger partial charge in [-0.1, -0.05) is 6.07 Å². The van der Waals surface area contributed by atoms with E-state index >= 15 is 0 Å². The van der Waals surface area contributed by atoms with E-state index < -0.39 is 11.5 Å². The minimum atomic E-state index is -0.744.